The molecule has 1 aliphatic carbocycles. The average molecular weight is 547 g/mol. The van der Waals surface area contributed by atoms with Gasteiger partial charge in [0, 0.05) is 16.5 Å². The predicted molar refractivity (Wildman–Crippen MR) is 152 cm³/mol. The van der Waals surface area contributed by atoms with Crippen LogP contribution in [-0.2, 0) is 0 Å². The first-order chi connectivity index (χ1) is 19.0. The van der Waals surface area contributed by atoms with E-state index in [9.17, 15) is 4.79 Å². The maximum Gasteiger partial charge on any atom is 0.274 e. The molecule has 1 heterocycles. The number of fused-ring (bicyclic) bond motifs is 1. The highest BCUT2D eigenvalue weighted by atomic mass is 35.5. The number of hydrogen-bond acceptors (Lipinski definition) is 6. The molecule has 0 unspecified atom stereocenters. The van der Waals surface area contributed by atoms with Gasteiger partial charge >= 0.3 is 0 Å². The molecule has 1 amide bonds. The SMILES string of the molecule is COc1ccc(/C=C2\CCC[C@@H]3C2=NN(C(=O)c2ccc(Cl)cc2)[C@H]3c2ccc(OC)c(OC)c2)cc1OC. The maximum atomic E-state index is 13.9. The minimum absolute atomic E-state index is 0.0273. The molecule has 3 aromatic rings. The molecule has 7 nitrogen and oxygen atoms in total. The van der Waals surface area contributed by atoms with E-state index in [1.807, 2.05) is 36.4 Å². The first-order valence-electron chi connectivity index (χ1n) is 12.8. The summed E-state index contributed by atoms with van der Waals surface area (Å²) in [6.45, 7) is 0. The number of amides is 1. The van der Waals surface area contributed by atoms with Crippen molar-refractivity contribution in [3.8, 4) is 23.0 Å². The first-order valence-corrected chi connectivity index (χ1v) is 13.2. The third kappa shape index (κ3) is 5.19. The summed E-state index contributed by atoms with van der Waals surface area (Å²) >= 11 is 6.10. The summed E-state index contributed by atoms with van der Waals surface area (Å²) in [6, 6.07) is 18.3. The van der Waals surface area contributed by atoms with Crippen LogP contribution in [0.25, 0.3) is 6.08 Å². The summed E-state index contributed by atoms with van der Waals surface area (Å²) in [5, 5.41) is 7.19. The fourth-order valence-electron chi connectivity index (χ4n) is 5.41. The van der Waals surface area contributed by atoms with Gasteiger partial charge in [0.25, 0.3) is 5.91 Å². The fraction of sp³-hybridized carbons (Fsp3) is 0.290. The Bertz CT molecular complexity index is 1430. The molecular weight excluding hydrogens is 516 g/mol. The van der Waals surface area contributed by atoms with E-state index in [4.69, 9.17) is 35.6 Å². The Balaban J connectivity index is 1.59. The fourth-order valence-corrected chi connectivity index (χ4v) is 5.53. The summed E-state index contributed by atoms with van der Waals surface area (Å²) < 4.78 is 22.0. The largest absolute Gasteiger partial charge is 0.493 e. The number of hydrazone groups is 1. The molecular formula is C31H31ClN2O5. The zero-order chi connectivity index (χ0) is 27.5. The lowest BCUT2D eigenvalue weighted by atomic mass is 9.77. The highest BCUT2D eigenvalue weighted by Gasteiger charge is 2.44. The summed E-state index contributed by atoms with van der Waals surface area (Å²) in [5.41, 5.74) is 4.48. The van der Waals surface area contributed by atoms with Crippen LogP contribution in [0.5, 0.6) is 23.0 Å². The van der Waals surface area contributed by atoms with Crippen LogP contribution in [0, 0.1) is 5.92 Å². The smallest absolute Gasteiger partial charge is 0.274 e. The molecule has 0 spiro atoms. The van der Waals surface area contributed by atoms with Crippen LogP contribution in [0.1, 0.15) is 46.8 Å². The summed E-state index contributed by atoms with van der Waals surface area (Å²) in [7, 11) is 6.46. The highest BCUT2D eigenvalue weighted by Crippen LogP contribution is 2.46. The van der Waals surface area contributed by atoms with Gasteiger partial charge < -0.3 is 18.9 Å². The molecule has 0 N–H and O–H groups in total. The van der Waals surface area contributed by atoms with Crippen molar-refractivity contribution in [1.82, 2.24) is 5.01 Å². The number of rotatable bonds is 7. The maximum absolute atomic E-state index is 13.9. The standard InChI is InChI=1S/C31H31ClN2O5/c1-36-25-14-8-19(17-27(25)38-3)16-21-6-5-7-24-29(21)33-34(31(35)20-9-12-23(32)13-10-20)30(24)22-11-15-26(37-2)28(18-22)39-4/h8-18,24,30H,5-7H2,1-4H3/b21-16+/t24-,30+/m1/s1. The highest BCUT2D eigenvalue weighted by molar-refractivity contribution is 6.30. The van der Waals surface area contributed by atoms with Crippen LogP contribution < -0.4 is 18.9 Å². The summed E-state index contributed by atoms with van der Waals surface area (Å²) in [6.07, 6.45) is 4.89. The van der Waals surface area contributed by atoms with E-state index in [0.717, 1.165) is 41.7 Å². The van der Waals surface area contributed by atoms with Crippen molar-refractivity contribution in [2.45, 2.75) is 25.3 Å². The van der Waals surface area contributed by atoms with Crippen molar-refractivity contribution < 1.29 is 23.7 Å². The topological polar surface area (TPSA) is 69.6 Å². The van der Waals surface area contributed by atoms with Crippen LogP contribution in [0.3, 0.4) is 0 Å². The lowest BCUT2D eigenvalue weighted by molar-refractivity contribution is 0.0680. The monoisotopic (exact) mass is 546 g/mol. The molecule has 3 aromatic carbocycles. The van der Waals surface area contributed by atoms with Crippen molar-refractivity contribution in [2.24, 2.45) is 11.0 Å². The van der Waals surface area contributed by atoms with E-state index in [1.54, 1.807) is 57.7 Å². The number of allylic oxidation sites excluding steroid dienone is 1. The molecule has 0 bridgehead atoms. The van der Waals surface area contributed by atoms with Gasteiger partial charge in [-0.3, -0.25) is 4.79 Å². The Morgan fingerprint density at radius 1 is 0.872 bits per heavy atom. The number of benzene rings is 3. The Morgan fingerprint density at radius 2 is 1.51 bits per heavy atom. The summed E-state index contributed by atoms with van der Waals surface area (Å²) in [5.74, 6) is 2.43. The Kier molecular flexibility index (Phi) is 7.79. The van der Waals surface area contributed by atoms with E-state index in [-0.39, 0.29) is 17.9 Å². The van der Waals surface area contributed by atoms with Crippen LogP contribution in [0.4, 0.5) is 0 Å². The minimum atomic E-state index is -0.294. The molecule has 202 valence electrons. The van der Waals surface area contributed by atoms with Crippen molar-refractivity contribution in [3.63, 3.8) is 0 Å². The molecule has 39 heavy (non-hydrogen) atoms. The third-order valence-corrected chi connectivity index (χ3v) is 7.55. The molecule has 1 fully saturated rings. The lowest BCUT2D eigenvalue weighted by Crippen LogP contribution is -2.32. The third-order valence-electron chi connectivity index (χ3n) is 7.30. The molecule has 0 radical (unpaired) electrons. The Morgan fingerprint density at radius 3 is 2.18 bits per heavy atom. The van der Waals surface area contributed by atoms with Gasteiger partial charge in [-0.1, -0.05) is 23.7 Å². The Hall–Kier alpha value is -3.97. The predicted octanol–water partition coefficient (Wildman–Crippen LogP) is 6.81. The second-order valence-electron chi connectivity index (χ2n) is 9.48. The minimum Gasteiger partial charge on any atom is -0.493 e. The van der Waals surface area contributed by atoms with E-state index in [1.165, 1.54) is 0 Å². The van der Waals surface area contributed by atoms with E-state index >= 15 is 0 Å². The summed E-state index contributed by atoms with van der Waals surface area (Å²) in [4.78, 5) is 13.9. The van der Waals surface area contributed by atoms with Crippen molar-refractivity contribution in [1.29, 1.82) is 0 Å². The number of carbonyl (C=O) groups excluding carboxylic acids is 1. The van der Waals surface area contributed by atoms with E-state index in [2.05, 4.69) is 6.08 Å². The van der Waals surface area contributed by atoms with E-state index < -0.39 is 0 Å². The number of carbonyl (C=O) groups is 1. The quantitative estimate of drug-likeness (QED) is 0.325. The molecule has 5 rings (SSSR count). The van der Waals surface area contributed by atoms with Gasteiger partial charge in [-0.2, -0.15) is 5.10 Å². The molecule has 1 aliphatic heterocycles. The van der Waals surface area contributed by atoms with E-state index in [0.29, 0.717) is 33.6 Å². The number of halogens is 1. The number of ether oxygens (including phenoxy) is 4. The van der Waals surface area contributed by atoms with Crippen molar-refractivity contribution in [3.05, 3.63) is 87.9 Å². The lowest BCUT2D eigenvalue weighted by Gasteiger charge is -2.30. The molecule has 2 aliphatic rings. The van der Waals surface area contributed by atoms with Gasteiger partial charge in [0.05, 0.1) is 40.2 Å². The first kappa shape index (κ1) is 26.6. The van der Waals surface area contributed by atoms with Gasteiger partial charge in [-0.15, -0.1) is 0 Å². The van der Waals surface area contributed by atoms with Crippen LogP contribution in [-0.4, -0.2) is 45.1 Å². The Labute approximate surface area is 233 Å². The van der Waals surface area contributed by atoms with Crippen LogP contribution >= 0.6 is 11.6 Å². The molecule has 0 saturated heterocycles. The number of hydrogen-bond donors (Lipinski definition) is 0. The zero-order valence-electron chi connectivity index (χ0n) is 22.4. The van der Waals surface area contributed by atoms with Gasteiger partial charge in [0.1, 0.15) is 0 Å². The van der Waals surface area contributed by atoms with Crippen LogP contribution in [0.2, 0.25) is 5.02 Å². The van der Waals surface area contributed by atoms with Gasteiger partial charge in [0.15, 0.2) is 23.0 Å². The van der Waals surface area contributed by atoms with Gasteiger partial charge in [-0.25, -0.2) is 5.01 Å². The second kappa shape index (κ2) is 11.4. The number of methoxy groups -OCH3 is 4. The van der Waals surface area contributed by atoms with Crippen LogP contribution in [0.15, 0.2) is 71.3 Å². The molecule has 2 atom stereocenters. The van der Waals surface area contributed by atoms with Gasteiger partial charge in [-0.05, 0) is 90.6 Å². The molecule has 8 heteroatoms. The molecule has 1 saturated carbocycles. The van der Waals surface area contributed by atoms with Crippen molar-refractivity contribution in [2.75, 3.05) is 28.4 Å². The van der Waals surface area contributed by atoms with Crippen molar-refractivity contribution >= 4 is 29.3 Å². The molecule has 0 aromatic heterocycles. The second-order valence-corrected chi connectivity index (χ2v) is 9.92. The average Bonchev–Trinajstić information content (AvgIpc) is 3.37. The normalized spacial score (nSPS) is 19.4. The zero-order valence-corrected chi connectivity index (χ0v) is 23.2. The van der Waals surface area contributed by atoms with Gasteiger partial charge in [0.2, 0.25) is 0 Å². The number of nitrogens with zero attached hydrogens (tertiary/aromatic N) is 2.